The lowest BCUT2D eigenvalue weighted by atomic mass is 9.98. The average molecular weight is 246 g/mol. The van der Waals surface area contributed by atoms with Crippen LogP contribution in [-0.4, -0.2) is 19.1 Å². The van der Waals surface area contributed by atoms with Crippen molar-refractivity contribution in [2.24, 2.45) is 5.73 Å². The number of hydrogen-bond acceptors (Lipinski definition) is 2. The van der Waals surface area contributed by atoms with Crippen LogP contribution in [0.4, 0.5) is 5.69 Å². The van der Waals surface area contributed by atoms with E-state index in [2.05, 4.69) is 36.9 Å². The van der Waals surface area contributed by atoms with Crippen LogP contribution >= 0.6 is 0 Å². The zero-order chi connectivity index (χ0) is 13.0. The van der Waals surface area contributed by atoms with Gasteiger partial charge in [-0.3, -0.25) is 0 Å². The summed E-state index contributed by atoms with van der Waals surface area (Å²) in [6.45, 7) is 6.57. The Morgan fingerprint density at radius 1 is 1.39 bits per heavy atom. The fourth-order valence-corrected chi connectivity index (χ4v) is 2.83. The fraction of sp³-hybridized carbons (Fsp3) is 0.625. The molecule has 1 atom stereocenters. The summed E-state index contributed by atoms with van der Waals surface area (Å²) < 4.78 is 0. The molecule has 2 nitrogen and oxygen atoms in total. The van der Waals surface area contributed by atoms with Gasteiger partial charge in [0.2, 0.25) is 0 Å². The Balaban J connectivity index is 2.03. The molecule has 0 saturated heterocycles. The van der Waals surface area contributed by atoms with Gasteiger partial charge in [-0.05, 0) is 37.8 Å². The fourth-order valence-electron chi connectivity index (χ4n) is 2.83. The molecule has 18 heavy (non-hydrogen) atoms. The molecule has 1 aliphatic rings. The van der Waals surface area contributed by atoms with Crippen molar-refractivity contribution in [3.8, 4) is 0 Å². The van der Waals surface area contributed by atoms with Crippen LogP contribution in [0, 0.1) is 6.92 Å². The second-order valence-electron chi connectivity index (χ2n) is 5.58. The Labute approximate surface area is 111 Å². The average Bonchev–Trinajstić information content (AvgIpc) is 2.36. The van der Waals surface area contributed by atoms with Crippen molar-refractivity contribution in [1.29, 1.82) is 0 Å². The number of aryl methyl sites for hydroxylation is 2. The summed E-state index contributed by atoms with van der Waals surface area (Å²) in [6.07, 6.45) is 6.11. The zero-order valence-corrected chi connectivity index (χ0v) is 11.8. The molecule has 0 amide bonds. The first kappa shape index (κ1) is 13.4. The normalized spacial score (nSPS) is 16.5. The summed E-state index contributed by atoms with van der Waals surface area (Å²) >= 11 is 0. The number of anilines is 1. The van der Waals surface area contributed by atoms with Crippen molar-refractivity contribution in [2.45, 2.75) is 52.0 Å². The van der Waals surface area contributed by atoms with Gasteiger partial charge in [-0.1, -0.05) is 37.5 Å². The summed E-state index contributed by atoms with van der Waals surface area (Å²) in [5.74, 6) is 0. The summed E-state index contributed by atoms with van der Waals surface area (Å²) in [4.78, 5) is 2.48. The highest BCUT2D eigenvalue weighted by atomic mass is 15.1. The van der Waals surface area contributed by atoms with Crippen LogP contribution in [0.1, 0.15) is 43.7 Å². The van der Waals surface area contributed by atoms with E-state index in [0.29, 0.717) is 6.04 Å². The SMILES string of the molecule is CCCCC(N)CN1CCCc2cc(C)ccc21. The van der Waals surface area contributed by atoms with Crippen molar-refractivity contribution < 1.29 is 0 Å². The highest BCUT2D eigenvalue weighted by molar-refractivity contribution is 5.56. The molecule has 1 heterocycles. The quantitative estimate of drug-likeness (QED) is 0.864. The molecule has 0 saturated carbocycles. The Bertz CT molecular complexity index is 387. The van der Waals surface area contributed by atoms with Crippen LogP contribution in [-0.2, 0) is 6.42 Å². The van der Waals surface area contributed by atoms with Crippen LogP contribution in [0.2, 0.25) is 0 Å². The summed E-state index contributed by atoms with van der Waals surface area (Å²) in [5.41, 5.74) is 10.5. The third-order valence-corrected chi connectivity index (χ3v) is 3.83. The minimum Gasteiger partial charge on any atom is -0.370 e. The molecule has 0 fully saturated rings. The standard InChI is InChI=1S/C16H26N2/c1-3-4-7-15(17)12-18-10-5-6-14-11-13(2)8-9-16(14)18/h8-9,11,15H,3-7,10,12,17H2,1-2H3. The van der Waals surface area contributed by atoms with Crippen LogP contribution in [0.3, 0.4) is 0 Å². The van der Waals surface area contributed by atoms with E-state index >= 15 is 0 Å². The number of hydrogen-bond donors (Lipinski definition) is 1. The maximum Gasteiger partial charge on any atom is 0.0399 e. The molecular formula is C16H26N2. The maximum atomic E-state index is 6.24. The first-order valence-electron chi connectivity index (χ1n) is 7.30. The van der Waals surface area contributed by atoms with Gasteiger partial charge < -0.3 is 10.6 Å². The van der Waals surface area contributed by atoms with Crippen LogP contribution in [0.15, 0.2) is 18.2 Å². The second kappa shape index (κ2) is 6.24. The second-order valence-corrected chi connectivity index (χ2v) is 5.58. The molecule has 100 valence electrons. The van der Waals surface area contributed by atoms with Gasteiger partial charge in [-0.25, -0.2) is 0 Å². The molecule has 1 aliphatic heterocycles. The van der Waals surface area contributed by atoms with Gasteiger partial charge in [0.15, 0.2) is 0 Å². The van der Waals surface area contributed by atoms with Gasteiger partial charge in [0.05, 0.1) is 0 Å². The minimum atomic E-state index is 0.317. The van der Waals surface area contributed by atoms with E-state index in [1.54, 1.807) is 0 Å². The predicted molar refractivity (Wildman–Crippen MR) is 79.2 cm³/mol. The molecule has 2 N–H and O–H groups in total. The van der Waals surface area contributed by atoms with Crippen LogP contribution in [0.5, 0.6) is 0 Å². The molecule has 0 bridgehead atoms. The topological polar surface area (TPSA) is 29.3 Å². The lowest BCUT2D eigenvalue weighted by Crippen LogP contribution is -2.40. The van der Waals surface area contributed by atoms with E-state index in [-0.39, 0.29) is 0 Å². The monoisotopic (exact) mass is 246 g/mol. The molecule has 1 aromatic rings. The smallest absolute Gasteiger partial charge is 0.0399 e. The lowest BCUT2D eigenvalue weighted by molar-refractivity contribution is 0.548. The molecule has 0 aliphatic carbocycles. The first-order valence-corrected chi connectivity index (χ1v) is 7.30. The van der Waals surface area contributed by atoms with E-state index in [0.717, 1.165) is 19.5 Å². The molecule has 0 aromatic heterocycles. The Hall–Kier alpha value is -1.02. The van der Waals surface area contributed by atoms with Crippen molar-refractivity contribution in [3.63, 3.8) is 0 Å². The molecule has 0 radical (unpaired) electrons. The van der Waals surface area contributed by atoms with Gasteiger partial charge in [0.1, 0.15) is 0 Å². The number of nitrogens with zero attached hydrogens (tertiary/aromatic N) is 1. The number of fused-ring (bicyclic) bond motifs is 1. The van der Waals surface area contributed by atoms with E-state index < -0.39 is 0 Å². The van der Waals surface area contributed by atoms with E-state index in [1.165, 1.54) is 42.5 Å². The summed E-state index contributed by atoms with van der Waals surface area (Å²) in [7, 11) is 0. The van der Waals surface area contributed by atoms with E-state index in [1.807, 2.05) is 0 Å². The van der Waals surface area contributed by atoms with Crippen LogP contribution in [0.25, 0.3) is 0 Å². The number of unbranched alkanes of at least 4 members (excludes halogenated alkanes) is 1. The minimum absolute atomic E-state index is 0.317. The highest BCUT2D eigenvalue weighted by Crippen LogP contribution is 2.28. The van der Waals surface area contributed by atoms with Gasteiger partial charge in [0.25, 0.3) is 0 Å². The highest BCUT2D eigenvalue weighted by Gasteiger charge is 2.18. The van der Waals surface area contributed by atoms with Crippen molar-refractivity contribution >= 4 is 5.69 Å². The zero-order valence-electron chi connectivity index (χ0n) is 11.8. The van der Waals surface area contributed by atoms with Gasteiger partial charge in [0, 0.05) is 24.8 Å². The summed E-state index contributed by atoms with van der Waals surface area (Å²) in [6, 6.07) is 7.14. The van der Waals surface area contributed by atoms with Crippen molar-refractivity contribution in [2.75, 3.05) is 18.0 Å². The third kappa shape index (κ3) is 3.26. The predicted octanol–water partition coefficient (Wildman–Crippen LogP) is 3.27. The first-order chi connectivity index (χ1) is 8.70. The molecule has 2 heteroatoms. The van der Waals surface area contributed by atoms with E-state index in [4.69, 9.17) is 5.73 Å². The number of benzene rings is 1. The summed E-state index contributed by atoms with van der Waals surface area (Å²) in [5, 5.41) is 0. The molecule has 0 spiro atoms. The lowest BCUT2D eigenvalue weighted by Gasteiger charge is -2.33. The van der Waals surface area contributed by atoms with E-state index in [9.17, 15) is 0 Å². The third-order valence-electron chi connectivity index (χ3n) is 3.83. The largest absolute Gasteiger partial charge is 0.370 e. The van der Waals surface area contributed by atoms with Crippen molar-refractivity contribution in [3.05, 3.63) is 29.3 Å². The van der Waals surface area contributed by atoms with Crippen LogP contribution < -0.4 is 10.6 Å². The molecule has 1 unspecified atom stereocenters. The van der Waals surface area contributed by atoms with Gasteiger partial charge in [-0.15, -0.1) is 0 Å². The Morgan fingerprint density at radius 2 is 2.22 bits per heavy atom. The maximum absolute atomic E-state index is 6.24. The Morgan fingerprint density at radius 3 is 3.00 bits per heavy atom. The molecule has 2 rings (SSSR count). The number of nitrogens with two attached hydrogens (primary N) is 1. The van der Waals surface area contributed by atoms with Gasteiger partial charge in [-0.2, -0.15) is 0 Å². The Kier molecular flexibility index (Phi) is 4.65. The number of rotatable bonds is 5. The molecule has 1 aromatic carbocycles. The van der Waals surface area contributed by atoms with Crippen molar-refractivity contribution in [1.82, 2.24) is 0 Å². The molecular weight excluding hydrogens is 220 g/mol. The van der Waals surface area contributed by atoms with Gasteiger partial charge >= 0.3 is 0 Å².